The summed E-state index contributed by atoms with van der Waals surface area (Å²) in [7, 11) is 0. The van der Waals surface area contributed by atoms with Crippen molar-refractivity contribution in [2.45, 2.75) is 54.4 Å². The van der Waals surface area contributed by atoms with E-state index in [1.807, 2.05) is 39.8 Å². The van der Waals surface area contributed by atoms with Gasteiger partial charge in [0.1, 0.15) is 11.5 Å². The van der Waals surface area contributed by atoms with E-state index in [9.17, 15) is 0 Å². The van der Waals surface area contributed by atoms with Crippen LogP contribution >= 0.6 is 0 Å². The van der Waals surface area contributed by atoms with Crippen molar-refractivity contribution in [2.75, 3.05) is 0 Å². The summed E-state index contributed by atoms with van der Waals surface area (Å²) >= 11 is 0. The summed E-state index contributed by atoms with van der Waals surface area (Å²) in [6.45, 7) is 12.2. The van der Waals surface area contributed by atoms with Crippen molar-refractivity contribution in [3.63, 3.8) is 0 Å². The Labute approximate surface area is 83.2 Å². The van der Waals surface area contributed by atoms with Crippen molar-refractivity contribution in [1.29, 1.82) is 0 Å². The first kappa shape index (κ1) is 14.8. The molecule has 0 atom stereocenters. The summed E-state index contributed by atoms with van der Waals surface area (Å²) in [5.74, 6) is 2.18. The van der Waals surface area contributed by atoms with Gasteiger partial charge in [0, 0.05) is 12.8 Å². The lowest BCUT2D eigenvalue weighted by Gasteiger charge is -1.86. The van der Waals surface area contributed by atoms with Gasteiger partial charge >= 0.3 is 0 Å². The number of rotatable bonds is 2. The first-order valence-electron chi connectivity index (χ1n) is 5.44. The zero-order valence-electron chi connectivity index (χ0n) is 9.98. The van der Waals surface area contributed by atoms with Gasteiger partial charge < -0.3 is 4.42 Å². The standard InChI is InChI=1S/C8H12O.2C2H6/c1-3-7-5-6-8(4-2)9-7;2*1-2/h5-6H,3-4H2,1-2H3;2*1-2H3. The highest BCUT2D eigenvalue weighted by atomic mass is 16.3. The Bertz CT molecular complexity index is 159. The Hall–Kier alpha value is -0.720. The highest BCUT2D eigenvalue weighted by Gasteiger charge is 1.94. The molecule has 0 aliphatic carbocycles. The highest BCUT2D eigenvalue weighted by molar-refractivity contribution is 5.06. The van der Waals surface area contributed by atoms with Crippen molar-refractivity contribution >= 4 is 0 Å². The van der Waals surface area contributed by atoms with Crippen LogP contribution in [0.1, 0.15) is 53.1 Å². The van der Waals surface area contributed by atoms with E-state index in [1.165, 1.54) is 0 Å². The average Bonchev–Trinajstić information content (AvgIpc) is 2.71. The fraction of sp³-hybridized carbons (Fsp3) is 0.667. The molecule has 0 spiro atoms. The fourth-order valence-corrected chi connectivity index (χ4v) is 0.802. The predicted molar refractivity (Wildman–Crippen MR) is 60.2 cm³/mol. The van der Waals surface area contributed by atoms with Gasteiger partial charge in [-0.05, 0) is 12.1 Å². The molecule has 1 nitrogen and oxygen atoms in total. The van der Waals surface area contributed by atoms with Crippen LogP contribution < -0.4 is 0 Å². The van der Waals surface area contributed by atoms with E-state index in [1.54, 1.807) is 0 Å². The smallest absolute Gasteiger partial charge is 0.103 e. The molecular formula is C12H24O. The Morgan fingerprint density at radius 1 is 0.846 bits per heavy atom. The monoisotopic (exact) mass is 184 g/mol. The third kappa shape index (κ3) is 6.44. The topological polar surface area (TPSA) is 13.1 Å². The molecule has 0 radical (unpaired) electrons. The molecule has 1 rings (SSSR count). The van der Waals surface area contributed by atoms with Crippen LogP contribution in [0.2, 0.25) is 0 Å². The summed E-state index contributed by atoms with van der Waals surface area (Å²) in [4.78, 5) is 0. The van der Waals surface area contributed by atoms with Crippen molar-refractivity contribution in [2.24, 2.45) is 0 Å². The second kappa shape index (κ2) is 11.3. The van der Waals surface area contributed by atoms with Crippen LogP contribution in [0.3, 0.4) is 0 Å². The average molecular weight is 184 g/mol. The molecule has 1 heteroatoms. The first-order valence-corrected chi connectivity index (χ1v) is 5.44. The first-order chi connectivity index (χ1) is 6.36. The Morgan fingerprint density at radius 3 is 1.31 bits per heavy atom. The van der Waals surface area contributed by atoms with Gasteiger partial charge in [-0.1, -0.05) is 41.5 Å². The predicted octanol–water partition coefficient (Wildman–Crippen LogP) is 4.46. The summed E-state index contributed by atoms with van der Waals surface area (Å²) in [6.07, 6.45) is 2.00. The zero-order chi connectivity index (χ0) is 10.7. The summed E-state index contributed by atoms with van der Waals surface area (Å²) in [6, 6.07) is 4.08. The molecule has 0 amide bonds. The molecular weight excluding hydrogens is 160 g/mol. The van der Waals surface area contributed by atoms with Gasteiger partial charge in [0.05, 0.1) is 0 Å². The second-order valence-electron chi connectivity index (χ2n) is 2.08. The van der Waals surface area contributed by atoms with E-state index >= 15 is 0 Å². The maximum Gasteiger partial charge on any atom is 0.103 e. The van der Waals surface area contributed by atoms with Crippen LogP contribution in [-0.4, -0.2) is 0 Å². The zero-order valence-corrected chi connectivity index (χ0v) is 9.98. The molecule has 1 heterocycles. The lowest BCUT2D eigenvalue weighted by Crippen LogP contribution is -1.71. The molecule has 13 heavy (non-hydrogen) atoms. The third-order valence-electron chi connectivity index (χ3n) is 1.41. The van der Waals surface area contributed by atoms with Crippen LogP contribution in [0.5, 0.6) is 0 Å². The van der Waals surface area contributed by atoms with Gasteiger partial charge in [-0.25, -0.2) is 0 Å². The van der Waals surface area contributed by atoms with E-state index in [2.05, 4.69) is 13.8 Å². The van der Waals surface area contributed by atoms with Crippen LogP contribution in [0.15, 0.2) is 16.5 Å². The molecule has 0 N–H and O–H groups in total. The van der Waals surface area contributed by atoms with Gasteiger partial charge in [-0.15, -0.1) is 0 Å². The van der Waals surface area contributed by atoms with Gasteiger partial charge in [0.25, 0.3) is 0 Å². The Balaban J connectivity index is 0. The minimum absolute atomic E-state index is 1.00. The van der Waals surface area contributed by atoms with E-state index in [0.29, 0.717) is 0 Å². The highest BCUT2D eigenvalue weighted by Crippen LogP contribution is 2.07. The number of hydrogen-bond donors (Lipinski definition) is 0. The molecule has 1 aromatic heterocycles. The van der Waals surface area contributed by atoms with Crippen molar-refractivity contribution in [3.8, 4) is 0 Å². The van der Waals surface area contributed by atoms with Gasteiger partial charge in [0.2, 0.25) is 0 Å². The maximum atomic E-state index is 5.38. The van der Waals surface area contributed by atoms with Crippen molar-refractivity contribution < 1.29 is 4.42 Å². The lowest BCUT2D eigenvalue weighted by molar-refractivity contribution is 0.474. The normalized spacial score (nSPS) is 7.85. The third-order valence-corrected chi connectivity index (χ3v) is 1.41. The summed E-state index contributed by atoms with van der Waals surface area (Å²) in [5.41, 5.74) is 0. The quantitative estimate of drug-likeness (QED) is 0.661. The minimum atomic E-state index is 1.00. The fourth-order valence-electron chi connectivity index (χ4n) is 0.802. The van der Waals surface area contributed by atoms with Gasteiger partial charge in [-0.2, -0.15) is 0 Å². The number of hydrogen-bond acceptors (Lipinski definition) is 1. The van der Waals surface area contributed by atoms with Gasteiger partial charge in [0.15, 0.2) is 0 Å². The molecule has 0 unspecified atom stereocenters. The second-order valence-corrected chi connectivity index (χ2v) is 2.08. The van der Waals surface area contributed by atoms with Crippen molar-refractivity contribution in [1.82, 2.24) is 0 Å². The Morgan fingerprint density at radius 2 is 1.15 bits per heavy atom. The van der Waals surface area contributed by atoms with Gasteiger partial charge in [-0.3, -0.25) is 0 Å². The van der Waals surface area contributed by atoms with E-state index in [4.69, 9.17) is 4.42 Å². The van der Waals surface area contributed by atoms with E-state index in [0.717, 1.165) is 24.4 Å². The molecule has 1 aromatic rings. The van der Waals surface area contributed by atoms with E-state index in [-0.39, 0.29) is 0 Å². The van der Waals surface area contributed by atoms with Crippen LogP contribution in [0.25, 0.3) is 0 Å². The van der Waals surface area contributed by atoms with Crippen LogP contribution in [-0.2, 0) is 12.8 Å². The molecule has 0 aliphatic rings. The maximum absolute atomic E-state index is 5.38. The molecule has 0 aromatic carbocycles. The largest absolute Gasteiger partial charge is 0.466 e. The Kier molecular flexibility index (Phi) is 12.8. The van der Waals surface area contributed by atoms with Crippen molar-refractivity contribution in [3.05, 3.63) is 23.7 Å². The molecule has 78 valence electrons. The molecule has 0 saturated carbocycles. The van der Waals surface area contributed by atoms with Crippen LogP contribution in [0, 0.1) is 0 Å². The summed E-state index contributed by atoms with van der Waals surface area (Å²) < 4.78 is 5.38. The number of furan rings is 1. The summed E-state index contributed by atoms with van der Waals surface area (Å²) in [5, 5.41) is 0. The lowest BCUT2D eigenvalue weighted by atomic mass is 10.3. The molecule has 0 bridgehead atoms. The molecule has 0 aliphatic heterocycles. The van der Waals surface area contributed by atoms with E-state index < -0.39 is 0 Å². The SMILES string of the molecule is CC.CC.CCc1ccc(CC)o1. The molecule has 0 fully saturated rings. The minimum Gasteiger partial charge on any atom is -0.466 e. The molecule has 0 saturated heterocycles. The van der Waals surface area contributed by atoms with Crippen LogP contribution in [0.4, 0.5) is 0 Å². The number of aryl methyl sites for hydroxylation is 2.